The fourth-order valence-corrected chi connectivity index (χ4v) is 4.58. The van der Waals surface area contributed by atoms with E-state index in [1.54, 1.807) is 34.8 Å². The van der Waals surface area contributed by atoms with Crippen molar-refractivity contribution in [1.29, 1.82) is 0 Å². The molecule has 7 nitrogen and oxygen atoms in total. The number of carbonyl (C=O) groups is 1. The fourth-order valence-electron chi connectivity index (χ4n) is 4.58. The minimum absolute atomic E-state index is 0.0748. The quantitative estimate of drug-likeness (QED) is 0.375. The highest BCUT2D eigenvalue weighted by atomic mass is 19.3. The number of hydrogen-bond acceptors (Lipinski definition) is 4. The van der Waals surface area contributed by atoms with E-state index in [2.05, 4.69) is 14.8 Å². The molecular formula is C24H17F4N5O2. The second-order valence-electron chi connectivity index (χ2n) is 8.52. The molecule has 11 heteroatoms. The van der Waals surface area contributed by atoms with Gasteiger partial charge < -0.3 is 4.74 Å². The van der Waals surface area contributed by atoms with Crippen molar-refractivity contribution in [3.63, 3.8) is 0 Å². The van der Waals surface area contributed by atoms with Crippen LogP contribution in [0.3, 0.4) is 0 Å². The van der Waals surface area contributed by atoms with Gasteiger partial charge in [-0.15, -0.1) is 0 Å². The summed E-state index contributed by atoms with van der Waals surface area (Å²) in [6, 6.07) is 9.36. The summed E-state index contributed by atoms with van der Waals surface area (Å²) >= 11 is 0. The van der Waals surface area contributed by atoms with Crippen LogP contribution in [0.5, 0.6) is 5.75 Å². The number of nitrogens with zero attached hydrogens (tertiary/aromatic N) is 5. The number of fused-ring (bicyclic) bond motifs is 2. The van der Waals surface area contributed by atoms with Crippen molar-refractivity contribution in [2.24, 2.45) is 7.05 Å². The van der Waals surface area contributed by atoms with Gasteiger partial charge in [0.15, 0.2) is 11.6 Å². The topological polar surface area (TPSA) is 65.2 Å². The van der Waals surface area contributed by atoms with Crippen LogP contribution in [0.1, 0.15) is 12.8 Å². The molecule has 1 saturated carbocycles. The molecule has 1 spiro atoms. The predicted molar refractivity (Wildman–Crippen MR) is 117 cm³/mol. The number of aromatic nitrogens is 4. The van der Waals surface area contributed by atoms with Crippen molar-refractivity contribution in [3.8, 4) is 28.3 Å². The highest BCUT2D eigenvalue weighted by Crippen LogP contribution is 2.56. The van der Waals surface area contributed by atoms with Gasteiger partial charge in [0.2, 0.25) is 5.95 Å². The molecule has 0 unspecified atom stereocenters. The molecule has 35 heavy (non-hydrogen) atoms. The SMILES string of the molecule is Cn1ccc(-c2cnc3n2C2(CC2)C(=O)N3c2c(F)cc(-c3ccc(OC(F)F)cc3)cc2F)n1. The first-order chi connectivity index (χ1) is 16.8. The van der Waals surface area contributed by atoms with Crippen molar-refractivity contribution in [2.75, 3.05) is 4.90 Å². The first-order valence-corrected chi connectivity index (χ1v) is 10.8. The van der Waals surface area contributed by atoms with Gasteiger partial charge in [0.25, 0.3) is 5.91 Å². The van der Waals surface area contributed by atoms with Gasteiger partial charge in [-0.1, -0.05) is 12.1 Å². The van der Waals surface area contributed by atoms with E-state index < -0.39 is 35.4 Å². The Hall–Kier alpha value is -4.15. The molecule has 1 fully saturated rings. The summed E-state index contributed by atoms with van der Waals surface area (Å²) in [4.78, 5) is 18.7. The second kappa shape index (κ2) is 7.42. The van der Waals surface area contributed by atoms with Crippen LogP contribution in [0.25, 0.3) is 22.5 Å². The molecule has 1 aliphatic heterocycles. The van der Waals surface area contributed by atoms with Gasteiger partial charge in [0.1, 0.15) is 22.7 Å². The number of amides is 1. The van der Waals surface area contributed by atoms with E-state index in [1.807, 2.05) is 0 Å². The molecule has 4 aromatic rings. The fraction of sp³-hybridized carbons (Fsp3) is 0.208. The average molecular weight is 483 g/mol. The number of anilines is 2. The molecule has 2 aromatic heterocycles. The lowest BCUT2D eigenvalue weighted by molar-refractivity contribution is -0.120. The Morgan fingerprint density at radius 3 is 2.29 bits per heavy atom. The summed E-state index contributed by atoms with van der Waals surface area (Å²) in [7, 11) is 1.76. The summed E-state index contributed by atoms with van der Waals surface area (Å²) in [6.45, 7) is -2.98. The summed E-state index contributed by atoms with van der Waals surface area (Å²) in [5, 5.41) is 4.38. The molecule has 0 N–H and O–H groups in total. The maximum Gasteiger partial charge on any atom is 0.387 e. The maximum absolute atomic E-state index is 15.4. The molecular weight excluding hydrogens is 466 g/mol. The van der Waals surface area contributed by atoms with Crippen LogP contribution in [-0.2, 0) is 17.4 Å². The summed E-state index contributed by atoms with van der Waals surface area (Å²) in [5.41, 5.74) is 0.315. The van der Waals surface area contributed by atoms with E-state index in [1.165, 1.54) is 24.3 Å². The molecule has 2 aliphatic rings. The Balaban J connectivity index is 1.40. The second-order valence-corrected chi connectivity index (χ2v) is 8.52. The third-order valence-corrected chi connectivity index (χ3v) is 6.33. The third-order valence-electron chi connectivity index (χ3n) is 6.33. The highest BCUT2D eigenvalue weighted by molar-refractivity contribution is 6.09. The Bertz CT molecular complexity index is 1450. The Morgan fingerprint density at radius 1 is 1.03 bits per heavy atom. The van der Waals surface area contributed by atoms with Gasteiger partial charge in [0, 0.05) is 13.2 Å². The average Bonchev–Trinajstić information content (AvgIpc) is 3.21. The molecule has 0 saturated heterocycles. The van der Waals surface area contributed by atoms with Gasteiger partial charge in [-0.25, -0.2) is 18.7 Å². The number of alkyl halides is 2. The van der Waals surface area contributed by atoms with Gasteiger partial charge in [-0.05, 0) is 54.3 Å². The Kier molecular flexibility index (Phi) is 4.54. The van der Waals surface area contributed by atoms with Crippen molar-refractivity contribution in [1.82, 2.24) is 19.3 Å². The Morgan fingerprint density at radius 2 is 1.71 bits per heavy atom. The summed E-state index contributed by atoms with van der Waals surface area (Å²) in [6.07, 6.45) is 4.36. The van der Waals surface area contributed by atoms with Crippen molar-refractivity contribution >= 4 is 17.5 Å². The lowest BCUT2D eigenvalue weighted by Crippen LogP contribution is -2.31. The number of halogens is 4. The zero-order valence-corrected chi connectivity index (χ0v) is 18.3. The van der Waals surface area contributed by atoms with Crippen LogP contribution in [0.4, 0.5) is 29.2 Å². The van der Waals surface area contributed by atoms with Crippen molar-refractivity contribution in [2.45, 2.75) is 25.0 Å². The van der Waals surface area contributed by atoms with Crippen LogP contribution in [0.15, 0.2) is 54.9 Å². The number of rotatable bonds is 5. The minimum Gasteiger partial charge on any atom is -0.435 e. The van der Waals surface area contributed by atoms with Gasteiger partial charge >= 0.3 is 6.61 Å². The first-order valence-electron chi connectivity index (χ1n) is 10.8. The maximum atomic E-state index is 15.4. The smallest absolute Gasteiger partial charge is 0.387 e. The lowest BCUT2D eigenvalue weighted by Gasteiger charge is -2.18. The third kappa shape index (κ3) is 3.22. The van der Waals surface area contributed by atoms with Crippen LogP contribution in [0, 0.1) is 11.6 Å². The number of aryl methyl sites for hydroxylation is 1. The number of imidazole rings is 1. The summed E-state index contributed by atoms with van der Waals surface area (Å²) in [5.74, 6) is -2.29. The number of benzene rings is 2. The molecule has 2 aromatic carbocycles. The minimum atomic E-state index is -2.98. The molecule has 0 bridgehead atoms. The standard InChI is InChI=1S/C24H17F4N5O2/c1-31-9-6-18(30-31)19-12-29-23-32(21(34)24(7-8-24)33(19)23)20-16(25)10-14(11-17(20)26)13-2-4-15(5-3-13)35-22(27)28/h2-6,9-12,22H,7-8H2,1H3. The van der Waals surface area contributed by atoms with E-state index >= 15 is 8.78 Å². The lowest BCUT2D eigenvalue weighted by atomic mass is 10.0. The number of carbonyl (C=O) groups excluding carboxylic acids is 1. The van der Waals surface area contributed by atoms with Crippen LogP contribution in [-0.4, -0.2) is 31.9 Å². The number of ether oxygens (including phenoxy) is 1. The monoisotopic (exact) mass is 483 g/mol. The van der Waals surface area contributed by atoms with E-state index in [0.29, 0.717) is 29.8 Å². The summed E-state index contributed by atoms with van der Waals surface area (Å²) < 4.78 is 63.1. The first kappa shape index (κ1) is 21.4. The highest BCUT2D eigenvalue weighted by Gasteiger charge is 2.62. The molecule has 3 heterocycles. The van der Waals surface area contributed by atoms with Crippen LogP contribution < -0.4 is 9.64 Å². The van der Waals surface area contributed by atoms with Crippen molar-refractivity contribution < 1.29 is 27.1 Å². The van der Waals surface area contributed by atoms with Gasteiger partial charge in [-0.3, -0.25) is 14.0 Å². The van der Waals surface area contributed by atoms with E-state index in [0.717, 1.165) is 17.0 Å². The van der Waals surface area contributed by atoms with E-state index in [9.17, 15) is 13.6 Å². The molecule has 6 rings (SSSR count). The Labute approximate surface area is 196 Å². The molecule has 1 amide bonds. The predicted octanol–water partition coefficient (Wildman–Crippen LogP) is 5.00. The van der Waals surface area contributed by atoms with Gasteiger partial charge in [-0.2, -0.15) is 13.9 Å². The normalized spacial score (nSPS) is 15.8. The molecule has 0 atom stereocenters. The van der Waals surface area contributed by atoms with Crippen molar-refractivity contribution in [3.05, 3.63) is 66.5 Å². The van der Waals surface area contributed by atoms with Gasteiger partial charge in [0.05, 0.1) is 11.9 Å². The zero-order chi connectivity index (χ0) is 24.5. The van der Waals surface area contributed by atoms with Crippen LogP contribution in [0.2, 0.25) is 0 Å². The zero-order valence-electron chi connectivity index (χ0n) is 18.3. The van der Waals surface area contributed by atoms with E-state index in [4.69, 9.17) is 0 Å². The number of hydrogen-bond donors (Lipinski definition) is 0. The van der Waals surface area contributed by atoms with Crippen LogP contribution >= 0.6 is 0 Å². The molecule has 1 aliphatic carbocycles. The molecule has 0 radical (unpaired) electrons. The largest absolute Gasteiger partial charge is 0.435 e. The molecule has 178 valence electrons. The van der Waals surface area contributed by atoms with E-state index in [-0.39, 0.29) is 17.3 Å².